The normalized spacial score (nSPS) is 21.6. The quantitative estimate of drug-likeness (QED) is 0.654. The molecule has 14 heavy (non-hydrogen) atoms. The summed E-state index contributed by atoms with van der Waals surface area (Å²) in [6.45, 7) is 0. The molecule has 1 unspecified atom stereocenters. The van der Waals surface area contributed by atoms with Gasteiger partial charge in [0.25, 0.3) is 0 Å². The van der Waals surface area contributed by atoms with E-state index in [4.69, 9.17) is 0 Å². The van der Waals surface area contributed by atoms with Crippen LogP contribution in [0.3, 0.4) is 0 Å². The first-order valence-electron chi connectivity index (χ1n) is 4.94. The maximum absolute atomic E-state index is 9.96. The second-order valence-corrected chi connectivity index (χ2v) is 3.87. The standard InChI is InChI=1S/C10H13N3O/c14-10(7-5-6-7)13-9-4-2-1-3-8(9)11-12-13/h1-4,7,10-12,14H,5-6H2. The van der Waals surface area contributed by atoms with Crippen molar-refractivity contribution in [1.82, 2.24) is 5.53 Å². The summed E-state index contributed by atoms with van der Waals surface area (Å²) in [4.78, 5) is 0. The number of anilines is 2. The van der Waals surface area contributed by atoms with E-state index >= 15 is 0 Å². The largest absolute Gasteiger partial charge is 0.372 e. The fourth-order valence-corrected chi connectivity index (χ4v) is 1.78. The number of hydrazine groups is 2. The van der Waals surface area contributed by atoms with Crippen molar-refractivity contribution in [3.63, 3.8) is 0 Å². The fraction of sp³-hybridized carbons (Fsp3) is 0.400. The van der Waals surface area contributed by atoms with Crippen LogP contribution in [0.25, 0.3) is 0 Å². The van der Waals surface area contributed by atoms with Gasteiger partial charge in [0.2, 0.25) is 0 Å². The van der Waals surface area contributed by atoms with Crippen molar-refractivity contribution in [2.75, 3.05) is 10.4 Å². The van der Waals surface area contributed by atoms with Crippen LogP contribution in [0.5, 0.6) is 0 Å². The molecular weight excluding hydrogens is 178 g/mol. The molecule has 1 heterocycles. The Morgan fingerprint density at radius 1 is 1.36 bits per heavy atom. The predicted molar refractivity (Wildman–Crippen MR) is 54.4 cm³/mol. The monoisotopic (exact) mass is 191 g/mol. The van der Waals surface area contributed by atoms with Crippen LogP contribution in [-0.2, 0) is 0 Å². The van der Waals surface area contributed by atoms with Crippen LogP contribution in [0.2, 0.25) is 0 Å². The number of para-hydroxylation sites is 2. The van der Waals surface area contributed by atoms with Crippen LogP contribution < -0.4 is 16.0 Å². The first-order valence-corrected chi connectivity index (χ1v) is 4.94. The highest BCUT2D eigenvalue weighted by atomic mass is 16.3. The van der Waals surface area contributed by atoms with Crippen LogP contribution in [0.1, 0.15) is 12.8 Å². The van der Waals surface area contributed by atoms with Crippen molar-refractivity contribution in [3.8, 4) is 0 Å². The molecule has 1 atom stereocenters. The number of fused-ring (bicyclic) bond motifs is 1. The van der Waals surface area contributed by atoms with E-state index in [2.05, 4.69) is 11.0 Å². The van der Waals surface area contributed by atoms with E-state index < -0.39 is 6.23 Å². The highest BCUT2D eigenvalue weighted by Gasteiger charge is 2.36. The van der Waals surface area contributed by atoms with Crippen LogP contribution >= 0.6 is 0 Å². The average Bonchev–Trinajstić information content (AvgIpc) is 2.97. The SMILES string of the molecule is OC(C1CC1)N1NNc2ccccc21. The molecule has 0 amide bonds. The van der Waals surface area contributed by atoms with Crippen molar-refractivity contribution in [3.05, 3.63) is 24.3 Å². The smallest absolute Gasteiger partial charge is 0.145 e. The van der Waals surface area contributed by atoms with Gasteiger partial charge >= 0.3 is 0 Å². The maximum Gasteiger partial charge on any atom is 0.145 e. The van der Waals surface area contributed by atoms with E-state index in [-0.39, 0.29) is 0 Å². The summed E-state index contributed by atoms with van der Waals surface area (Å²) < 4.78 is 0. The molecule has 0 aromatic heterocycles. The van der Waals surface area contributed by atoms with Crippen molar-refractivity contribution in [2.24, 2.45) is 5.92 Å². The Labute approximate surface area is 82.5 Å². The molecule has 0 radical (unpaired) electrons. The maximum atomic E-state index is 9.96. The van der Waals surface area contributed by atoms with Crippen molar-refractivity contribution < 1.29 is 5.11 Å². The second kappa shape index (κ2) is 2.87. The Kier molecular flexibility index (Phi) is 1.65. The summed E-state index contributed by atoms with van der Waals surface area (Å²) in [6, 6.07) is 7.93. The average molecular weight is 191 g/mol. The minimum absolute atomic E-state index is 0.411. The van der Waals surface area contributed by atoms with Crippen LogP contribution in [0, 0.1) is 5.92 Å². The van der Waals surface area contributed by atoms with Gasteiger partial charge in [-0.2, -0.15) is 0 Å². The molecule has 74 valence electrons. The lowest BCUT2D eigenvalue weighted by Crippen LogP contribution is -2.45. The molecule has 1 aromatic carbocycles. The van der Waals surface area contributed by atoms with Gasteiger partial charge in [-0.25, -0.2) is 0 Å². The summed E-state index contributed by atoms with van der Waals surface area (Å²) in [6.07, 6.45) is 1.84. The zero-order valence-electron chi connectivity index (χ0n) is 7.77. The lowest BCUT2D eigenvalue weighted by molar-refractivity contribution is 0.138. The molecule has 1 saturated carbocycles. The second-order valence-electron chi connectivity index (χ2n) is 3.87. The van der Waals surface area contributed by atoms with E-state index in [1.54, 1.807) is 5.01 Å². The number of aliphatic hydroxyl groups excluding tert-OH is 1. The van der Waals surface area contributed by atoms with Gasteiger partial charge < -0.3 is 10.5 Å². The van der Waals surface area contributed by atoms with Gasteiger partial charge in [0.15, 0.2) is 0 Å². The molecule has 1 aliphatic heterocycles. The van der Waals surface area contributed by atoms with E-state index in [1.165, 1.54) is 0 Å². The van der Waals surface area contributed by atoms with Gasteiger partial charge in [0, 0.05) is 5.92 Å². The Bertz CT molecular complexity index is 351. The fourth-order valence-electron chi connectivity index (χ4n) is 1.78. The number of benzene rings is 1. The van der Waals surface area contributed by atoms with Gasteiger partial charge in [0.1, 0.15) is 6.23 Å². The van der Waals surface area contributed by atoms with Crippen LogP contribution in [0.4, 0.5) is 11.4 Å². The van der Waals surface area contributed by atoms with E-state index in [9.17, 15) is 5.11 Å². The molecule has 1 aromatic rings. The van der Waals surface area contributed by atoms with Crippen LogP contribution in [-0.4, -0.2) is 11.3 Å². The number of rotatable bonds is 2. The molecule has 1 aliphatic carbocycles. The number of nitrogens with one attached hydrogen (secondary N) is 2. The van der Waals surface area contributed by atoms with Gasteiger partial charge in [-0.3, -0.25) is 5.01 Å². The van der Waals surface area contributed by atoms with Crippen molar-refractivity contribution >= 4 is 11.4 Å². The first-order chi connectivity index (χ1) is 6.86. The Morgan fingerprint density at radius 3 is 2.93 bits per heavy atom. The molecule has 4 nitrogen and oxygen atoms in total. The van der Waals surface area contributed by atoms with Gasteiger partial charge in [-0.15, -0.1) is 5.53 Å². The van der Waals surface area contributed by atoms with Crippen molar-refractivity contribution in [1.29, 1.82) is 0 Å². The van der Waals surface area contributed by atoms with E-state index in [1.807, 2.05) is 24.3 Å². The molecule has 1 fully saturated rings. The molecule has 0 spiro atoms. The van der Waals surface area contributed by atoms with Gasteiger partial charge in [-0.1, -0.05) is 12.1 Å². The van der Waals surface area contributed by atoms with Crippen molar-refractivity contribution in [2.45, 2.75) is 19.1 Å². The van der Waals surface area contributed by atoms with Gasteiger partial charge in [0.05, 0.1) is 11.4 Å². The number of hydrogen-bond donors (Lipinski definition) is 3. The minimum atomic E-state index is -0.411. The highest BCUT2D eigenvalue weighted by Crippen LogP contribution is 2.38. The zero-order valence-corrected chi connectivity index (χ0v) is 7.77. The third-order valence-corrected chi connectivity index (χ3v) is 2.78. The first kappa shape index (κ1) is 8.08. The minimum Gasteiger partial charge on any atom is -0.372 e. The molecule has 0 saturated heterocycles. The lowest BCUT2D eigenvalue weighted by Gasteiger charge is -2.23. The third-order valence-electron chi connectivity index (χ3n) is 2.78. The molecular formula is C10H13N3O. The summed E-state index contributed by atoms with van der Waals surface area (Å²) >= 11 is 0. The Hall–Kier alpha value is -1.26. The zero-order chi connectivity index (χ0) is 9.54. The van der Waals surface area contributed by atoms with E-state index in [0.29, 0.717) is 5.92 Å². The number of nitrogens with zero attached hydrogens (tertiary/aromatic N) is 1. The molecule has 4 heteroatoms. The Balaban J connectivity index is 1.89. The van der Waals surface area contributed by atoms with Gasteiger partial charge in [-0.05, 0) is 25.0 Å². The van der Waals surface area contributed by atoms with Crippen LogP contribution in [0.15, 0.2) is 24.3 Å². The highest BCUT2D eigenvalue weighted by molar-refractivity contribution is 5.72. The third kappa shape index (κ3) is 1.15. The van der Waals surface area contributed by atoms with E-state index in [0.717, 1.165) is 24.2 Å². The Morgan fingerprint density at radius 2 is 2.14 bits per heavy atom. The molecule has 3 N–H and O–H groups in total. The topological polar surface area (TPSA) is 47.5 Å². The summed E-state index contributed by atoms with van der Waals surface area (Å²) in [5.74, 6) is 0.426. The molecule has 2 aliphatic rings. The summed E-state index contributed by atoms with van der Waals surface area (Å²) in [7, 11) is 0. The number of aliphatic hydroxyl groups is 1. The number of hydrogen-bond acceptors (Lipinski definition) is 4. The molecule has 3 rings (SSSR count). The summed E-state index contributed by atoms with van der Waals surface area (Å²) in [5, 5.41) is 11.8. The predicted octanol–water partition coefficient (Wildman–Crippen LogP) is 1.07. The summed E-state index contributed by atoms with van der Waals surface area (Å²) in [5.41, 5.74) is 8.05. The lowest BCUT2D eigenvalue weighted by atomic mass is 10.2. The molecule has 0 bridgehead atoms.